The molecule has 5 nitrogen and oxygen atoms in total. The van der Waals surface area contributed by atoms with Crippen molar-refractivity contribution in [1.82, 2.24) is 5.32 Å². The van der Waals surface area contributed by atoms with E-state index in [-0.39, 0.29) is 13.2 Å². The second-order valence-electron chi connectivity index (χ2n) is 1.98. The third-order valence-corrected chi connectivity index (χ3v) is 0.995. The van der Waals surface area contributed by atoms with E-state index < -0.39 is 6.10 Å². The second kappa shape index (κ2) is 7.46. The van der Waals surface area contributed by atoms with Crippen LogP contribution in [0.25, 0.3) is 0 Å². The van der Waals surface area contributed by atoms with Crippen LogP contribution in [0.15, 0.2) is 0 Å². The van der Waals surface area contributed by atoms with Crippen LogP contribution in [0.4, 0.5) is 0 Å². The Hall–Kier alpha value is -0.650. The van der Waals surface area contributed by atoms with Crippen LogP contribution in [-0.4, -0.2) is 49.1 Å². The van der Waals surface area contributed by atoms with E-state index in [1.807, 2.05) is 0 Å². The number of amides is 1. The Morgan fingerprint density at radius 1 is 1.64 bits per heavy atom. The fraction of sp³-hybridized carbons (Fsp3) is 0.833. The monoisotopic (exact) mass is 163 g/mol. The van der Waals surface area contributed by atoms with Gasteiger partial charge in [-0.1, -0.05) is 0 Å². The molecule has 0 radical (unpaired) electrons. The quantitative estimate of drug-likeness (QED) is 0.302. The van der Waals surface area contributed by atoms with Gasteiger partial charge in [0.2, 0.25) is 6.41 Å². The summed E-state index contributed by atoms with van der Waals surface area (Å²) in [6, 6.07) is 0. The highest BCUT2D eigenvalue weighted by Crippen LogP contribution is 1.81. The van der Waals surface area contributed by atoms with E-state index in [9.17, 15) is 4.79 Å². The van der Waals surface area contributed by atoms with Crippen LogP contribution in [0, 0.1) is 0 Å². The van der Waals surface area contributed by atoms with Crippen LogP contribution in [0.2, 0.25) is 0 Å². The summed E-state index contributed by atoms with van der Waals surface area (Å²) in [5.41, 5.74) is 0. The molecule has 0 heterocycles. The lowest BCUT2D eigenvalue weighted by Crippen LogP contribution is -2.23. The van der Waals surface area contributed by atoms with E-state index in [0.717, 1.165) is 0 Å². The van der Waals surface area contributed by atoms with Crippen molar-refractivity contribution < 1.29 is 19.7 Å². The van der Waals surface area contributed by atoms with Crippen LogP contribution in [0.5, 0.6) is 0 Å². The van der Waals surface area contributed by atoms with Crippen molar-refractivity contribution >= 4 is 6.41 Å². The molecule has 0 aliphatic carbocycles. The number of nitrogens with one attached hydrogen (secondary N) is 1. The highest BCUT2D eigenvalue weighted by atomic mass is 16.5. The first-order valence-corrected chi connectivity index (χ1v) is 3.35. The van der Waals surface area contributed by atoms with E-state index in [1.165, 1.54) is 0 Å². The first-order valence-electron chi connectivity index (χ1n) is 3.35. The number of hydrogen-bond acceptors (Lipinski definition) is 4. The van der Waals surface area contributed by atoms with Crippen molar-refractivity contribution in [3.8, 4) is 0 Å². The lowest BCUT2D eigenvalue weighted by Gasteiger charge is -2.07. The van der Waals surface area contributed by atoms with Crippen molar-refractivity contribution in [3.63, 3.8) is 0 Å². The minimum Gasteiger partial charge on any atom is -0.394 e. The number of ether oxygens (including phenoxy) is 1. The van der Waals surface area contributed by atoms with Gasteiger partial charge < -0.3 is 20.3 Å². The standard InChI is InChI=1S/C6H13NO4/c8-3-6(10)4-11-2-1-7-5-9/h5-6,8,10H,1-4H2,(H,7,9). The van der Waals surface area contributed by atoms with E-state index >= 15 is 0 Å². The number of hydrogen-bond donors (Lipinski definition) is 3. The van der Waals surface area contributed by atoms with Crippen LogP contribution >= 0.6 is 0 Å². The van der Waals surface area contributed by atoms with Gasteiger partial charge in [0.25, 0.3) is 0 Å². The summed E-state index contributed by atoms with van der Waals surface area (Å²) in [5, 5.41) is 19.5. The van der Waals surface area contributed by atoms with Crippen molar-refractivity contribution in [3.05, 3.63) is 0 Å². The summed E-state index contributed by atoms with van der Waals surface area (Å²) in [5.74, 6) is 0. The van der Waals surface area contributed by atoms with Crippen molar-refractivity contribution in [2.75, 3.05) is 26.4 Å². The molecule has 0 spiro atoms. The molecule has 0 aliphatic heterocycles. The van der Waals surface area contributed by atoms with Crippen molar-refractivity contribution in [2.24, 2.45) is 0 Å². The fourth-order valence-electron chi connectivity index (χ4n) is 0.462. The maximum absolute atomic E-state index is 9.70. The molecular weight excluding hydrogens is 150 g/mol. The predicted molar refractivity (Wildman–Crippen MR) is 38.0 cm³/mol. The van der Waals surface area contributed by atoms with E-state index in [0.29, 0.717) is 19.6 Å². The molecular formula is C6H13NO4. The smallest absolute Gasteiger partial charge is 0.207 e. The van der Waals surface area contributed by atoms with Gasteiger partial charge in [0.1, 0.15) is 6.10 Å². The molecule has 0 aliphatic rings. The first-order chi connectivity index (χ1) is 5.31. The topological polar surface area (TPSA) is 78.8 Å². The van der Waals surface area contributed by atoms with Crippen LogP contribution < -0.4 is 5.32 Å². The maximum atomic E-state index is 9.70. The van der Waals surface area contributed by atoms with Crippen molar-refractivity contribution in [2.45, 2.75) is 6.10 Å². The molecule has 0 saturated heterocycles. The molecule has 0 aromatic carbocycles. The molecule has 11 heavy (non-hydrogen) atoms. The molecule has 0 saturated carbocycles. The van der Waals surface area contributed by atoms with Gasteiger partial charge >= 0.3 is 0 Å². The normalized spacial score (nSPS) is 12.5. The third kappa shape index (κ3) is 7.24. The van der Waals surface area contributed by atoms with Crippen LogP contribution in [0.3, 0.4) is 0 Å². The van der Waals surface area contributed by atoms with Gasteiger partial charge in [-0.15, -0.1) is 0 Å². The molecule has 1 unspecified atom stereocenters. The van der Waals surface area contributed by atoms with E-state index in [2.05, 4.69) is 5.32 Å². The molecule has 3 N–H and O–H groups in total. The molecule has 0 fully saturated rings. The van der Waals surface area contributed by atoms with Gasteiger partial charge in [-0.2, -0.15) is 0 Å². The average molecular weight is 163 g/mol. The van der Waals surface area contributed by atoms with Gasteiger partial charge in [-0.3, -0.25) is 4.79 Å². The minimum absolute atomic E-state index is 0.0943. The maximum Gasteiger partial charge on any atom is 0.207 e. The SMILES string of the molecule is O=CNCCOCC(O)CO. The predicted octanol–water partition coefficient (Wildman–Crippen LogP) is -1.90. The van der Waals surface area contributed by atoms with Crippen LogP contribution in [-0.2, 0) is 9.53 Å². The van der Waals surface area contributed by atoms with Crippen molar-refractivity contribution in [1.29, 1.82) is 0 Å². The van der Waals surface area contributed by atoms with Crippen LogP contribution in [0.1, 0.15) is 0 Å². The zero-order valence-electron chi connectivity index (χ0n) is 6.19. The molecule has 0 aromatic heterocycles. The Labute approximate surface area is 65.0 Å². The second-order valence-corrected chi connectivity index (χ2v) is 1.98. The molecule has 1 amide bonds. The lowest BCUT2D eigenvalue weighted by molar-refractivity contribution is -0.109. The Morgan fingerprint density at radius 3 is 2.91 bits per heavy atom. The lowest BCUT2D eigenvalue weighted by atomic mass is 10.4. The molecule has 66 valence electrons. The zero-order valence-corrected chi connectivity index (χ0v) is 6.19. The van der Waals surface area contributed by atoms with E-state index in [4.69, 9.17) is 14.9 Å². The highest BCUT2D eigenvalue weighted by molar-refractivity contribution is 5.45. The molecule has 0 bridgehead atoms. The summed E-state index contributed by atoms with van der Waals surface area (Å²) in [6.07, 6.45) is -0.252. The summed E-state index contributed by atoms with van der Waals surface area (Å²) < 4.78 is 4.86. The summed E-state index contributed by atoms with van der Waals surface area (Å²) in [7, 11) is 0. The fourth-order valence-corrected chi connectivity index (χ4v) is 0.462. The zero-order chi connectivity index (χ0) is 8.53. The Balaban J connectivity index is 2.95. The highest BCUT2D eigenvalue weighted by Gasteiger charge is 1.99. The first kappa shape index (κ1) is 10.3. The van der Waals surface area contributed by atoms with Gasteiger partial charge in [0.15, 0.2) is 0 Å². The number of carbonyl (C=O) groups excluding carboxylic acids is 1. The number of aliphatic hydroxyl groups excluding tert-OH is 2. The minimum atomic E-state index is -0.828. The summed E-state index contributed by atoms with van der Waals surface area (Å²) in [4.78, 5) is 9.70. The molecule has 0 aromatic rings. The van der Waals surface area contributed by atoms with Gasteiger partial charge in [0, 0.05) is 6.54 Å². The Kier molecular flexibility index (Phi) is 7.02. The largest absolute Gasteiger partial charge is 0.394 e. The number of aliphatic hydroxyl groups is 2. The van der Waals surface area contributed by atoms with Gasteiger partial charge in [0.05, 0.1) is 19.8 Å². The van der Waals surface area contributed by atoms with Gasteiger partial charge in [-0.25, -0.2) is 0 Å². The Morgan fingerprint density at radius 2 is 2.36 bits per heavy atom. The molecule has 5 heteroatoms. The third-order valence-electron chi connectivity index (χ3n) is 0.995. The Bertz CT molecular complexity index is 98.6. The average Bonchev–Trinajstić information content (AvgIpc) is 2.04. The van der Waals surface area contributed by atoms with E-state index in [1.54, 1.807) is 0 Å². The summed E-state index contributed by atoms with van der Waals surface area (Å²) in [6.45, 7) is 0.551. The molecule has 0 rings (SSSR count). The molecule has 1 atom stereocenters. The van der Waals surface area contributed by atoms with Gasteiger partial charge in [-0.05, 0) is 0 Å². The number of carbonyl (C=O) groups is 1. The summed E-state index contributed by atoms with van der Waals surface area (Å²) >= 11 is 0. The number of rotatable bonds is 7.